The highest BCUT2D eigenvalue weighted by molar-refractivity contribution is 5.67. The maximum Gasteiger partial charge on any atom is 0.303 e. The summed E-state index contributed by atoms with van der Waals surface area (Å²) in [5, 5.41) is 11.9. The summed E-state index contributed by atoms with van der Waals surface area (Å²) in [6.45, 7) is 0.753. The van der Waals surface area contributed by atoms with Crippen LogP contribution in [0, 0.1) is 0 Å². The lowest BCUT2D eigenvalue weighted by molar-refractivity contribution is -0.137. The molecule has 2 rings (SSSR count). The molecule has 5 nitrogen and oxygen atoms in total. The predicted octanol–water partition coefficient (Wildman–Crippen LogP) is 1.46. The Morgan fingerprint density at radius 3 is 3.19 bits per heavy atom. The lowest BCUT2D eigenvalue weighted by Crippen LogP contribution is -2.06. The fourth-order valence-corrected chi connectivity index (χ4v) is 1.90. The number of carbonyl (C=O) groups is 1. The number of ether oxygens (including phenoxy) is 1. The number of hydrogen-bond acceptors (Lipinski definition) is 4. The Hall–Kier alpha value is -1.78. The molecule has 1 aliphatic heterocycles. The van der Waals surface area contributed by atoms with Crippen LogP contribution in [0.15, 0.2) is 12.1 Å². The van der Waals surface area contributed by atoms with Gasteiger partial charge in [0.15, 0.2) is 0 Å². The normalized spacial score (nSPS) is 17.7. The third kappa shape index (κ3) is 2.08. The van der Waals surface area contributed by atoms with Gasteiger partial charge in [-0.25, -0.2) is 4.98 Å². The number of pyridine rings is 1. The molecule has 2 N–H and O–H groups in total. The minimum absolute atomic E-state index is 0.168. The topological polar surface area (TPSA) is 71.5 Å². The second-order valence-electron chi connectivity index (χ2n) is 3.80. The molecule has 0 aliphatic carbocycles. The summed E-state index contributed by atoms with van der Waals surface area (Å²) in [5.41, 5.74) is 1.90. The number of carboxylic acids is 1. The molecule has 86 valence electrons. The largest absolute Gasteiger partial charge is 0.481 e. The average molecular weight is 222 g/mol. The molecule has 2 heterocycles. The summed E-state index contributed by atoms with van der Waals surface area (Å²) in [6, 6.07) is 3.72. The van der Waals surface area contributed by atoms with Crippen LogP contribution >= 0.6 is 0 Å². The lowest BCUT2D eigenvalue weighted by atomic mass is 10.0. The summed E-state index contributed by atoms with van der Waals surface area (Å²) in [5.74, 6) is -0.0275. The van der Waals surface area contributed by atoms with Crippen LogP contribution < -0.4 is 10.1 Å². The van der Waals surface area contributed by atoms with E-state index in [2.05, 4.69) is 10.3 Å². The lowest BCUT2D eigenvalue weighted by Gasteiger charge is -2.08. The fourth-order valence-electron chi connectivity index (χ4n) is 1.90. The number of nitrogens with zero attached hydrogens (tertiary/aromatic N) is 1. The highest BCUT2D eigenvalue weighted by Gasteiger charge is 2.24. The summed E-state index contributed by atoms with van der Waals surface area (Å²) in [6.07, 6.45) is 0.778. The van der Waals surface area contributed by atoms with E-state index in [-0.39, 0.29) is 12.3 Å². The van der Waals surface area contributed by atoms with Crippen molar-refractivity contribution in [2.45, 2.75) is 18.8 Å². The molecule has 0 saturated carbocycles. The van der Waals surface area contributed by atoms with Crippen molar-refractivity contribution in [1.29, 1.82) is 0 Å². The first kappa shape index (κ1) is 10.7. The molecule has 0 saturated heterocycles. The first-order valence-corrected chi connectivity index (χ1v) is 5.21. The second kappa shape index (κ2) is 4.38. The van der Waals surface area contributed by atoms with Gasteiger partial charge in [-0.05, 0) is 12.5 Å². The zero-order valence-electron chi connectivity index (χ0n) is 9.06. The third-order valence-electron chi connectivity index (χ3n) is 2.74. The van der Waals surface area contributed by atoms with Crippen LogP contribution in [0.25, 0.3) is 0 Å². The zero-order valence-corrected chi connectivity index (χ0v) is 9.06. The van der Waals surface area contributed by atoms with E-state index in [0.717, 1.165) is 17.9 Å². The van der Waals surface area contributed by atoms with E-state index in [9.17, 15) is 4.79 Å². The number of carboxylic acid groups (broad SMARTS) is 1. The van der Waals surface area contributed by atoms with Crippen LogP contribution in [0.3, 0.4) is 0 Å². The molecule has 1 aromatic heterocycles. The van der Waals surface area contributed by atoms with Crippen LogP contribution in [0.4, 0.5) is 5.69 Å². The van der Waals surface area contributed by atoms with Crippen LogP contribution in [0.2, 0.25) is 0 Å². The van der Waals surface area contributed by atoms with Gasteiger partial charge in [0, 0.05) is 24.9 Å². The minimum atomic E-state index is -0.767. The molecule has 1 atom stereocenters. The first-order valence-electron chi connectivity index (χ1n) is 5.21. The zero-order chi connectivity index (χ0) is 11.5. The molecule has 16 heavy (non-hydrogen) atoms. The van der Waals surface area contributed by atoms with E-state index >= 15 is 0 Å². The number of methoxy groups -OCH3 is 1. The number of aliphatic carboxylic acids is 1. The van der Waals surface area contributed by atoms with Gasteiger partial charge in [0.1, 0.15) is 0 Å². The van der Waals surface area contributed by atoms with Crippen LogP contribution in [-0.4, -0.2) is 29.7 Å². The van der Waals surface area contributed by atoms with E-state index < -0.39 is 5.97 Å². The molecular weight excluding hydrogens is 208 g/mol. The van der Waals surface area contributed by atoms with Gasteiger partial charge < -0.3 is 15.2 Å². The standard InChI is InChI=1S/C11H14N2O3/c1-16-9-4-3-8-11(13-9)7(6-12-8)2-5-10(14)15/h3-4,7,12H,2,5-6H2,1H3,(H,14,15). The van der Waals surface area contributed by atoms with Crippen molar-refractivity contribution in [1.82, 2.24) is 4.98 Å². The van der Waals surface area contributed by atoms with E-state index in [1.807, 2.05) is 6.07 Å². The smallest absolute Gasteiger partial charge is 0.303 e. The number of hydrogen-bond donors (Lipinski definition) is 2. The number of rotatable bonds is 4. The van der Waals surface area contributed by atoms with E-state index in [0.29, 0.717) is 12.3 Å². The van der Waals surface area contributed by atoms with E-state index in [4.69, 9.17) is 9.84 Å². The molecule has 0 spiro atoms. The number of nitrogens with one attached hydrogen (secondary N) is 1. The summed E-state index contributed by atoms with van der Waals surface area (Å²) in [4.78, 5) is 14.9. The van der Waals surface area contributed by atoms with Gasteiger partial charge in [-0.15, -0.1) is 0 Å². The Balaban J connectivity index is 2.14. The van der Waals surface area contributed by atoms with E-state index in [1.54, 1.807) is 13.2 Å². The van der Waals surface area contributed by atoms with Crippen LogP contribution in [0.1, 0.15) is 24.5 Å². The Kier molecular flexibility index (Phi) is 2.94. The van der Waals surface area contributed by atoms with Crippen molar-refractivity contribution in [3.05, 3.63) is 17.8 Å². The Morgan fingerprint density at radius 2 is 2.50 bits per heavy atom. The van der Waals surface area contributed by atoms with Gasteiger partial charge in [0.25, 0.3) is 0 Å². The van der Waals surface area contributed by atoms with Gasteiger partial charge >= 0.3 is 5.97 Å². The molecule has 0 amide bonds. The highest BCUT2D eigenvalue weighted by atomic mass is 16.5. The van der Waals surface area contributed by atoms with Crippen molar-refractivity contribution >= 4 is 11.7 Å². The Morgan fingerprint density at radius 1 is 1.69 bits per heavy atom. The summed E-state index contributed by atoms with van der Waals surface area (Å²) in [7, 11) is 1.57. The SMILES string of the molecule is COc1ccc2c(n1)C(CCC(=O)O)CN2. The molecule has 1 aromatic rings. The molecule has 0 radical (unpaired) electrons. The fraction of sp³-hybridized carbons (Fsp3) is 0.455. The minimum Gasteiger partial charge on any atom is -0.481 e. The first-order chi connectivity index (χ1) is 7.70. The van der Waals surface area contributed by atoms with Crippen molar-refractivity contribution in [2.75, 3.05) is 19.0 Å². The van der Waals surface area contributed by atoms with Crippen LogP contribution in [0.5, 0.6) is 5.88 Å². The van der Waals surface area contributed by atoms with Gasteiger partial charge in [0.2, 0.25) is 5.88 Å². The molecule has 0 aromatic carbocycles. The molecule has 0 bridgehead atoms. The monoisotopic (exact) mass is 222 g/mol. The molecular formula is C11H14N2O3. The number of aromatic nitrogens is 1. The second-order valence-corrected chi connectivity index (χ2v) is 3.80. The molecule has 0 fully saturated rings. The third-order valence-corrected chi connectivity index (χ3v) is 2.74. The molecule has 1 unspecified atom stereocenters. The van der Waals surface area contributed by atoms with Gasteiger partial charge in [-0.2, -0.15) is 0 Å². The van der Waals surface area contributed by atoms with Gasteiger partial charge in [-0.1, -0.05) is 0 Å². The number of anilines is 1. The van der Waals surface area contributed by atoms with Crippen molar-refractivity contribution < 1.29 is 14.6 Å². The van der Waals surface area contributed by atoms with Gasteiger partial charge in [0.05, 0.1) is 18.5 Å². The predicted molar refractivity (Wildman–Crippen MR) is 58.9 cm³/mol. The van der Waals surface area contributed by atoms with Crippen molar-refractivity contribution in [3.8, 4) is 5.88 Å². The quantitative estimate of drug-likeness (QED) is 0.807. The Bertz CT molecular complexity index is 406. The molecule has 1 aliphatic rings. The maximum atomic E-state index is 10.5. The average Bonchev–Trinajstić information content (AvgIpc) is 2.68. The van der Waals surface area contributed by atoms with Crippen molar-refractivity contribution in [3.63, 3.8) is 0 Å². The maximum absolute atomic E-state index is 10.5. The molecule has 5 heteroatoms. The number of fused-ring (bicyclic) bond motifs is 1. The Labute approximate surface area is 93.5 Å². The summed E-state index contributed by atoms with van der Waals surface area (Å²) < 4.78 is 5.06. The van der Waals surface area contributed by atoms with Gasteiger partial charge in [-0.3, -0.25) is 4.79 Å². The van der Waals surface area contributed by atoms with Crippen LogP contribution in [-0.2, 0) is 4.79 Å². The summed E-state index contributed by atoms with van der Waals surface area (Å²) >= 11 is 0. The highest BCUT2D eigenvalue weighted by Crippen LogP contribution is 2.33. The van der Waals surface area contributed by atoms with E-state index in [1.165, 1.54) is 0 Å². The van der Waals surface area contributed by atoms with Crippen molar-refractivity contribution in [2.24, 2.45) is 0 Å².